The van der Waals surface area contributed by atoms with Crippen molar-refractivity contribution in [2.24, 2.45) is 5.73 Å². The second-order valence-corrected chi connectivity index (χ2v) is 7.48. The molecule has 6 nitrogen and oxygen atoms in total. The van der Waals surface area contributed by atoms with Crippen LogP contribution < -0.4 is 20.5 Å². The van der Waals surface area contributed by atoms with E-state index < -0.39 is 5.91 Å². The molecule has 0 spiro atoms. The summed E-state index contributed by atoms with van der Waals surface area (Å²) < 4.78 is 11.6. The van der Waals surface area contributed by atoms with Crippen LogP contribution in [0.15, 0.2) is 97.2 Å². The van der Waals surface area contributed by atoms with Crippen LogP contribution in [0.1, 0.15) is 21.5 Å². The Morgan fingerprint density at radius 2 is 1.55 bits per heavy atom. The van der Waals surface area contributed by atoms with E-state index >= 15 is 0 Å². The Balaban J connectivity index is 1.22. The molecule has 0 unspecified atom stereocenters. The maximum atomic E-state index is 11.1. The van der Waals surface area contributed by atoms with E-state index in [-0.39, 0.29) is 0 Å². The van der Waals surface area contributed by atoms with Crippen molar-refractivity contribution in [1.29, 1.82) is 0 Å². The van der Waals surface area contributed by atoms with Crippen LogP contribution in [0.4, 0.5) is 0 Å². The smallest absolute Gasteiger partial charge is 0.250 e. The van der Waals surface area contributed by atoms with E-state index in [0.29, 0.717) is 17.2 Å². The minimum absolute atomic E-state index is 0.348. The maximum absolute atomic E-state index is 11.1. The number of carbonyl (C=O) groups excluding carboxylic acids is 1. The van der Waals surface area contributed by atoms with Crippen molar-refractivity contribution < 1.29 is 14.3 Å². The van der Waals surface area contributed by atoms with Gasteiger partial charge in [0, 0.05) is 18.8 Å². The number of hydrogen-bond donors (Lipinski definition) is 2. The SMILES string of the molecule is NC(=O)c1ccc(Oc2ccc(CCNCc3cccc(Oc4ccccc4)c3)cc2)nc1. The number of ether oxygens (including phenoxy) is 2. The van der Waals surface area contributed by atoms with Crippen molar-refractivity contribution in [1.82, 2.24) is 10.3 Å². The average molecular weight is 440 g/mol. The van der Waals surface area contributed by atoms with Gasteiger partial charge >= 0.3 is 0 Å². The zero-order valence-corrected chi connectivity index (χ0v) is 18.1. The molecule has 166 valence electrons. The fourth-order valence-electron chi connectivity index (χ4n) is 3.24. The van der Waals surface area contributed by atoms with Crippen LogP contribution in [0, 0.1) is 0 Å². The molecule has 0 aliphatic heterocycles. The Kier molecular flexibility index (Phi) is 7.30. The number of amides is 1. The Labute approximate surface area is 193 Å². The molecule has 1 amide bonds. The van der Waals surface area contributed by atoms with Crippen molar-refractivity contribution in [3.8, 4) is 23.1 Å². The lowest BCUT2D eigenvalue weighted by molar-refractivity contribution is 0.1000. The quantitative estimate of drug-likeness (QED) is 0.336. The Bertz CT molecular complexity index is 1180. The molecule has 0 aliphatic rings. The number of benzene rings is 3. The van der Waals surface area contributed by atoms with Gasteiger partial charge in [0.2, 0.25) is 11.8 Å². The summed E-state index contributed by atoms with van der Waals surface area (Å²) in [4.78, 5) is 15.2. The fraction of sp³-hybridized carbons (Fsp3) is 0.111. The first-order chi connectivity index (χ1) is 16.2. The first kappa shape index (κ1) is 22.0. The van der Waals surface area contributed by atoms with Gasteiger partial charge in [0.25, 0.3) is 0 Å². The van der Waals surface area contributed by atoms with Crippen molar-refractivity contribution in [3.05, 3.63) is 114 Å². The first-order valence-corrected chi connectivity index (χ1v) is 10.7. The number of nitrogens with one attached hydrogen (secondary N) is 1. The van der Waals surface area contributed by atoms with Crippen molar-refractivity contribution in [2.45, 2.75) is 13.0 Å². The number of rotatable bonds is 10. The third-order valence-corrected chi connectivity index (χ3v) is 4.96. The number of pyridine rings is 1. The minimum atomic E-state index is -0.514. The van der Waals surface area contributed by atoms with Gasteiger partial charge in [0.15, 0.2) is 0 Å². The lowest BCUT2D eigenvalue weighted by Gasteiger charge is -2.09. The molecule has 1 heterocycles. The number of carbonyl (C=O) groups is 1. The van der Waals surface area contributed by atoms with Crippen LogP contribution in [0.25, 0.3) is 0 Å². The number of nitrogens with zero attached hydrogens (tertiary/aromatic N) is 1. The van der Waals surface area contributed by atoms with Crippen molar-refractivity contribution >= 4 is 5.91 Å². The molecule has 3 N–H and O–H groups in total. The van der Waals surface area contributed by atoms with Crippen LogP contribution >= 0.6 is 0 Å². The molecule has 0 aliphatic carbocycles. The van der Waals surface area contributed by atoms with E-state index in [9.17, 15) is 4.79 Å². The molecular formula is C27H25N3O3. The van der Waals surface area contributed by atoms with Gasteiger partial charge in [0.1, 0.15) is 17.2 Å². The van der Waals surface area contributed by atoms with Gasteiger partial charge in [-0.05, 0) is 66.6 Å². The molecule has 4 rings (SSSR count). The van der Waals surface area contributed by atoms with E-state index in [1.54, 1.807) is 12.1 Å². The molecule has 3 aromatic carbocycles. The van der Waals surface area contributed by atoms with Crippen molar-refractivity contribution in [3.63, 3.8) is 0 Å². The molecule has 1 aromatic heterocycles. The molecule has 4 aromatic rings. The molecule has 0 bridgehead atoms. The number of hydrogen-bond acceptors (Lipinski definition) is 5. The van der Waals surface area contributed by atoms with Gasteiger partial charge in [0.05, 0.1) is 5.56 Å². The van der Waals surface area contributed by atoms with Crippen molar-refractivity contribution in [2.75, 3.05) is 6.54 Å². The first-order valence-electron chi connectivity index (χ1n) is 10.7. The summed E-state index contributed by atoms with van der Waals surface area (Å²) in [6.07, 6.45) is 2.30. The van der Waals surface area contributed by atoms with Crippen LogP contribution in [0.2, 0.25) is 0 Å². The summed E-state index contributed by atoms with van der Waals surface area (Å²) in [5, 5.41) is 3.48. The highest BCUT2D eigenvalue weighted by Gasteiger charge is 2.04. The normalized spacial score (nSPS) is 10.5. The summed E-state index contributed by atoms with van der Waals surface area (Å²) in [5.41, 5.74) is 7.94. The zero-order valence-electron chi connectivity index (χ0n) is 18.1. The van der Waals surface area contributed by atoms with E-state index in [2.05, 4.69) is 22.4 Å². The predicted octanol–water partition coefficient (Wildman–Crippen LogP) is 5.10. The number of primary amides is 1. The molecule has 0 radical (unpaired) electrons. The van der Waals surface area contributed by atoms with E-state index in [1.165, 1.54) is 17.3 Å². The van der Waals surface area contributed by atoms with Crippen LogP contribution in [0.3, 0.4) is 0 Å². The highest BCUT2D eigenvalue weighted by molar-refractivity contribution is 5.92. The Morgan fingerprint density at radius 3 is 2.27 bits per heavy atom. The number of para-hydroxylation sites is 1. The largest absolute Gasteiger partial charge is 0.457 e. The highest BCUT2D eigenvalue weighted by atomic mass is 16.5. The van der Waals surface area contributed by atoms with Crippen LogP contribution in [-0.2, 0) is 13.0 Å². The van der Waals surface area contributed by atoms with Gasteiger partial charge in [-0.1, -0.05) is 42.5 Å². The molecular weight excluding hydrogens is 414 g/mol. The van der Waals surface area contributed by atoms with Gasteiger partial charge in [-0.2, -0.15) is 0 Å². The molecule has 33 heavy (non-hydrogen) atoms. The summed E-state index contributed by atoms with van der Waals surface area (Å²) in [6, 6.07) is 29.0. The average Bonchev–Trinajstić information content (AvgIpc) is 2.84. The summed E-state index contributed by atoms with van der Waals surface area (Å²) in [7, 11) is 0. The van der Waals surface area contributed by atoms with E-state index in [0.717, 1.165) is 31.0 Å². The standard InChI is InChI=1S/C27H25N3O3/c28-27(31)22-11-14-26(30-19-22)33-24-12-9-20(10-13-24)15-16-29-18-21-5-4-8-25(17-21)32-23-6-2-1-3-7-23/h1-14,17,19,29H,15-16,18H2,(H2,28,31). The third-order valence-electron chi connectivity index (χ3n) is 4.96. The topological polar surface area (TPSA) is 86.5 Å². The molecule has 0 saturated carbocycles. The summed E-state index contributed by atoms with van der Waals surface area (Å²) >= 11 is 0. The monoisotopic (exact) mass is 439 g/mol. The van der Waals surface area contributed by atoms with Gasteiger partial charge < -0.3 is 20.5 Å². The minimum Gasteiger partial charge on any atom is -0.457 e. The molecule has 0 atom stereocenters. The Morgan fingerprint density at radius 1 is 0.788 bits per heavy atom. The molecule has 0 saturated heterocycles. The third kappa shape index (κ3) is 6.66. The van der Waals surface area contributed by atoms with E-state index in [1.807, 2.05) is 66.7 Å². The fourth-order valence-corrected chi connectivity index (χ4v) is 3.24. The predicted molar refractivity (Wildman–Crippen MR) is 128 cm³/mol. The molecule has 6 heteroatoms. The zero-order chi connectivity index (χ0) is 22.9. The lowest BCUT2D eigenvalue weighted by atomic mass is 10.1. The van der Waals surface area contributed by atoms with Gasteiger partial charge in [-0.15, -0.1) is 0 Å². The second-order valence-electron chi connectivity index (χ2n) is 7.48. The second kappa shape index (κ2) is 10.9. The van der Waals surface area contributed by atoms with Gasteiger partial charge in [-0.25, -0.2) is 4.98 Å². The number of aromatic nitrogens is 1. The summed E-state index contributed by atoms with van der Waals surface area (Å²) in [6.45, 7) is 1.61. The lowest BCUT2D eigenvalue weighted by Crippen LogP contribution is -2.16. The number of nitrogens with two attached hydrogens (primary N) is 1. The molecule has 0 fully saturated rings. The Hall–Kier alpha value is -4.16. The van der Waals surface area contributed by atoms with E-state index in [4.69, 9.17) is 15.2 Å². The van der Waals surface area contributed by atoms with Gasteiger partial charge in [-0.3, -0.25) is 4.79 Å². The van der Waals surface area contributed by atoms with Crippen LogP contribution in [0.5, 0.6) is 23.1 Å². The highest BCUT2D eigenvalue weighted by Crippen LogP contribution is 2.22. The summed E-state index contributed by atoms with van der Waals surface area (Å²) in [5.74, 6) is 2.23. The maximum Gasteiger partial charge on any atom is 0.250 e. The van der Waals surface area contributed by atoms with Crippen LogP contribution in [-0.4, -0.2) is 17.4 Å².